The molecule has 0 radical (unpaired) electrons. The summed E-state index contributed by atoms with van der Waals surface area (Å²) >= 11 is 0. The summed E-state index contributed by atoms with van der Waals surface area (Å²) in [7, 11) is 1.39. The number of carbonyl (C=O) groups excluding carboxylic acids is 2. The van der Waals surface area contributed by atoms with E-state index in [0.717, 1.165) is 0 Å². The normalized spacial score (nSPS) is 12.6. The van der Waals surface area contributed by atoms with Crippen LogP contribution < -0.4 is 10.6 Å². The van der Waals surface area contributed by atoms with Gasteiger partial charge in [-0.1, -0.05) is 30.3 Å². The van der Waals surface area contributed by atoms with E-state index < -0.39 is 36.9 Å². The van der Waals surface area contributed by atoms with Crippen LogP contribution in [0.25, 0.3) is 0 Å². The van der Waals surface area contributed by atoms with Crippen molar-refractivity contribution in [1.29, 1.82) is 0 Å². The number of alkyl halides is 3. The monoisotopic (exact) mass is 288 g/mol. The van der Waals surface area contributed by atoms with Crippen LogP contribution in [0.4, 0.5) is 13.2 Å². The van der Waals surface area contributed by atoms with Gasteiger partial charge in [-0.15, -0.1) is 0 Å². The molecule has 1 rings (SSSR count). The zero-order chi connectivity index (χ0) is 15.2. The van der Waals surface area contributed by atoms with E-state index in [1.54, 1.807) is 30.3 Å². The fourth-order valence-electron chi connectivity index (χ4n) is 1.58. The lowest BCUT2D eigenvalue weighted by Gasteiger charge is -2.18. The summed E-state index contributed by atoms with van der Waals surface area (Å²) in [6, 6.07) is 7.31. The minimum absolute atomic E-state index is 0.489. The molecule has 0 aliphatic rings. The van der Waals surface area contributed by atoms with Gasteiger partial charge in [0.25, 0.3) is 0 Å². The van der Waals surface area contributed by atoms with Gasteiger partial charge in [-0.3, -0.25) is 9.59 Å². The Morgan fingerprint density at radius 3 is 2.30 bits per heavy atom. The lowest BCUT2D eigenvalue weighted by Crippen LogP contribution is -2.39. The first kappa shape index (κ1) is 16.0. The second kappa shape index (κ2) is 6.93. The molecule has 0 aliphatic heterocycles. The highest BCUT2D eigenvalue weighted by atomic mass is 19.4. The number of carbonyl (C=O) groups is 2. The van der Waals surface area contributed by atoms with Crippen LogP contribution in [0, 0.1) is 0 Å². The average Bonchev–Trinajstić information content (AvgIpc) is 2.42. The van der Waals surface area contributed by atoms with Crippen molar-refractivity contribution < 1.29 is 22.8 Å². The van der Waals surface area contributed by atoms with Gasteiger partial charge in [-0.2, -0.15) is 13.2 Å². The van der Waals surface area contributed by atoms with Gasteiger partial charge in [0, 0.05) is 13.5 Å². The second-order valence-electron chi connectivity index (χ2n) is 4.14. The van der Waals surface area contributed by atoms with Crippen molar-refractivity contribution >= 4 is 11.8 Å². The largest absolute Gasteiger partial charge is 0.389 e. The molecule has 1 atom stereocenters. The lowest BCUT2D eigenvalue weighted by atomic mass is 10.1. The summed E-state index contributed by atoms with van der Waals surface area (Å²) in [6.45, 7) is 0. The number of amides is 2. The smallest absolute Gasteiger partial charge is 0.357 e. The van der Waals surface area contributed by atoms with Crippen LogP contribution in [0.2, 0.25) is 0 Å². The minimum atomic E-state index is -4.40. The molecule has 1 aromatic carbocycles. The number of hydrogen-bond donors (Lipinski definition) is 2. The van der Waals surface area contributed by atoms with E-state index in [0.29, 0.717) is 5.56 Å². The van der Waals surface area contributed by atoms with Gasteiger partial charge >= 0.3 is 6.18 Å². The Morgan fingerprint density at radius 2 is 1.80 bits per heavy atom. The third-order valence-corrected chi connectivity index (χ3v) is 2.58. The van der Waals surface area contributed by atoms with Crippen molar-refractivity contribution in [3.63, 3.8) is 0 Å². The molecule has 0 unspecified atom stereocenters. The number of rotatable bonds is 5. The Morgan fingerprint density at radius 1 is 1.20 bits per heavy atom. The highest BCUT2D eigenvalue weighted by Gasteiger charge is 2.29. The summed E-state index contributed by atoms with van der Waals surface area (Å²) < 4.78 is 36.1. The number of hydrogen-bond acceptors (Lipinski definition) is 2. The number of likely N-dealkylation sites (N-methyl/N-ethyl adjacent to an activating group) is 1. The molecule has 2 N–H and O–H groups in total. The topological polar surface area (TPSA) is 58.2 Å². The SMILES string of the molecule is CNC(=O)[C@H](NC(=O)CCC(F)(F)F)c1ccccc1. The van der Waals surface area contributed by atoms with Gasteiger partial charge in [0.1, 0.15) is 6.04 Å². The maximum atomic E-state index is 12.0. The average molecular weight is 288 g/mol. The highest BCUT2D eigenvalue weighted by molar-refractivity contribution is 5.88. The molecule has 0 saturated carbocycles. The lowest BCUT2D eigenvalue weighted by molar-refractivity contribution is -0.144. The molecule has 7 heteroatoms. The Balaban J connectivity index is 2.72. The quantitative estimate of drug-likeness (QED) is 0.870. The van der Waals surface area contributed by atoms with Crippen molar-refractivity contribution in [2.75, 3.05) is 7.05 Å². The maximum Gasteiger partial charge on any atom is 0.389 e. The van der Waals surface area contributed by atoms with E-state index in [-0.39, 0.29) is 0 Å². The Kier molecular flexibility index (Phi) is 5.54. The summed E-state index contributed by atoms with van der Waals surface area (Å²) in [4.78, 5) is 23.2. The zero-order valence-electron chi connectivity index (χ0n) is 10.8. The number of benzene rings is 1. The van der Waals surface area contributed by atoms with Crippen LogP contribution in [0.1, 0.15) is 24.4 Å². The second-order valence-corrected chi connectivity index (χ2v) is 4.14. The van der Waals surface area contributed by atoms with Crippen LogP contribution in [0.3, 0.4) is 0 Å². The molecule has 0 spiro atoms. The van der Waals surface area contributed by atoms with Crippen molar-refractivity contribution in [1.82, 2.24) is 10.6 Å². The van der Waals surface area contributed by atoms with Gasteiger partial charge in [0.2, 0.25) is 11.8 Å². The van der Waals surface area contributed by atoms with E-state index in [1.807, 2.05) is 0 Å². The molecule has 0 heterocycles. The molecule has 110 valence electrons. The van der Waals surface area contributed by atoms with Crippen molar-refractivity contribution in [3.8, 4) is 0 Å². The predicted molar refractivity (Wildman–Crippen MR) is 66.7 cm³/mol. The number of halogens is 3. The van der Waals surface area contributed by atoms with Gasteiger partial charge in [0.05, 0.1) is 6.42 Å². The minimum Gasteiger partial charge on any atom is -0.357 e. The van der Waals surface area contributed by atoms with Gasteiger partial charge in [-0.25, -0.2) is 0 Å². The molecule has 0 fully saturated rings. The Hall–Kier alpha value is -2.05. The third kappa shape index (κ3) is 5.29. The van der Waals surface area contributed by atoms with E-state index >= 15 is 0 Å². The van der Waals surface area contributed by atoms with Crippen molar-refractivity contribution in [3.05, 3.63) is 35.9 Å². The van der Waals surface area contributed by atoms with Crippen LogP contribution in [0.5, 0.6) is 0 Å². The van der Waals surface area contributed by atoms with E-state index in [1.165, 1.54) is 7.05 Å². The van der Waals surface area contributed by atoms with Crippen molar-refractivity contribution in [2.45, 2.75) is 25.1 Å². The molecule has 1 aromatic rings. The first-order valence-corrected chi connectivity index (χ1v) is 5.96. The molecule has 0 saturated heterocycles. The fraction of sp³-hybridized carbons (Fsp3) is 0.385. The van der Waals surface area contributed by atoms with Crippen LogP contribution in [0.15, 0.2) is 30.3 Å². The van der Waals surface area contributed by atoms with Crippen LogP contribution in [-0.2, 0) is 9.59 Å². The molecule has 20 heavy (non-hydrogen) atoms. The van der Waals surface area contributed by atoms with Gasteiger partial charge in [-0.05, 0) is 5.56 Å². The molecular formula is C13H15F3N2O2. The molecular weight excluding hydrogens is 273 g/mol. The van der Waals surface area contributed by atoms with E-state index in [2.05, 4.69) is 10.6 Å². The molecule has 4 nitrogen and oxygen atoms in total. The fourth-order valence-corrected chi connectivity index (χ4v) is 1.58. The predicted octanol–water partition coefficient (Wildman–Crippen LogP) is 1.93. The number of nitrogens with one attached hydrogen (secondary N) is 2. The van der Waals surface area contributed by atoms with Gasteiger partial charge in [0.15, 0.2) is 0 Å². The van der Waals surface area contributed by atoms with Crippen molar-refractivity contribution in [2.24, 2.45) is 0 Å². The highest BCUT2D eigenvalue weighted by Crippen LogP contribution is 2.21. The maximum absolute atomic E-state index is 12.0. The van der Waals surface area contributed by atoms with Gasteiger partial charge < -0.3 is 10.6 Å². The summed E-state index contributed by atoms with van der Waals surface area (Å²) in [5.74, 6) is -1.31. The summed E-state index contributed by atoms with van der Waals surface area (Å²) in [5, 5.41) is 4.67. The van der Waals surface area contributed by atoms with E-state index in [9.17, 15) is 22.8 Å². The standard InChI is InChI=1S/C13H15F3N2O2/c1-17-12(20)11(9-5-3-2-4-6-9)18-10(19)7-8-13(14,15)16/h2-6,11H,7-8H2,1H3,(H,17,20)(H,18,19)/t11-/m1/s1. The Labute approximate surface area is 114 Å². The first-order valence-electron chi connectivity index (χ1n) is 5.96. The summed E-state index contributed by atoms with van der Waals surface area (Å²) in [5.41, 5.74) is 0.507. The third-order valence-electron chi connectivity index (χ3n) is 2.58. The van der Waals surface area contributed by atoms with Crippen LogP contribution in [-0.4, -0.2) is 25.0 Å². The molecule has 2 amide bonds. The molecule has 0 bridgehead atoms. The van der Waals surface area contributed by atoms with Crippen LogP contribution >= 0.6 is 0 Å². The molecule has 0 aliphatic carbocycles. The summed E-state index contributed by atoms with van der Waals surface area (Å²) in [6.07, 6.45) is -6.31. The first-order chi connectivity index (χ1) is 9.33. The Bertz CT molecular complexity index is 460. The zero-order valence-corrected chi connectivity index (χ0v) is 10.8. The van der Waals surface area contributed by atoms with E-state index in [4.69, 9.17) is 0 Å². The molecule has 0 aromatic heterocycles.